The summed E-state index contributed by atoms with van der Waals surface area (Å²) in [6.07, 6.45) is 7.96. The third-order valence-corrected chi connectivity index (χ3v) is 7.58. The number of benzene rings is 2. The molecule has 4 saturated carbocycles. The molecule has 0 heterocycles. The van der Waals surface area contributed by atoms with Gasteiger partial charge in [-0.2, -0.15) is 0 Å². The van der Waals surface area contributed by atoms with E-state index in [0.29, 0.717) is 28.4 Å². The molecule has 4 aliphatic carbocycles. The normalized spacial score (nSPS) is 29.0. The van der Waals surface area contributed by atoms with Gasteiger partial charge in [0.15, 0.2) is 12.3 Å². The molecule has 2 aromatic carbocycles. The Kier molecular flexibility index (Phi) is 5.16. The van der Waals surface area contributed by atoms with E-state index < -0.39 is 0 Å². The average molecular weight is 424 g/mol. The Morgan fingerprint density at radius 1 is 0.967 bits per heavy atom. The van der Waals surface area contributed by atoms with E-state index in [1.807, 2.05) is 18.2 Å². The molecule has 1 amide bonds. The summed E-state index contributed by atoms with van der Waals surface area (Å²) in [5, 5.41) is 5.74. The van der Waals surface area contributed by atoms with Crippen LogP contribution in [0.25, 0.3) is 0 Å². The topological polar surface area (TPSA) is 62.8 Å². The lowest BCUT2D eigenvalue weighted by Gasteiger charge is -2.54. The Balaban J connectivity index is 1.28. The van der Waals surface area contributed by atoms with E-state index in [9.17, 15) is 9.59 Å². The van der Waals surface area contributed by atoms with Crippen LogP contribution in [0.2, 0.25) is 5.02 Å². The van der Waals surface area contributed by atoms with Crippen LogP contribution < -0.4 is 10.6 Å². The fourth-order valence-electron chi connectivity index (χ4n) is 6.50. The molecular weight excluding hydrogens is 396 g/mol. The smallest absolute Gasteiger partial charge is 0.279 e. The molecule has 0 radical (unpaired) electrons. The van der Waals surface area contributed by atoms with Crippen molar-refractivity contribution in [1.29, 1.82) is 0 Å². The summed E-state index contributed by atoms with van der Waals surface area (Å²) < 4.78 is 0. The van der Waals surface area contributed by atoms with E-state index >= 15 is 0 Å². The summed E-state index contributed by atoms with van der Waals surface area (Å²) in [7, 11) is 0. The highest BCUT2D eigenvalue weighted by molar-refractivity contribution is 6.31. The van der Waals surface area contributed by atoms with E-state index in [1.54, 1.807) is 30.3 Å². The average Bonchev–Trinajstić information content (AvgIpc) is 2.73. The van der Waals surface area contributed by atoms with Gasteiger partial charge in [-0.25, -0.2) is 0 Å². The van der Waals surface area contributed by atoms with Gasteiger partial charge >= 0.3 is 0 Å². The molecule has 5 heteroatoms. The minimum absolute atomic E-state index is 0.0600. The van der Waals surface area contributed by atoms with Crippen molar-refractivity contribution in [2.45, 2.75) is 44.1 Å². The third-order valence-electron chi connectivity index (χ3n) is 7.34. The number of anilines is 1. The van der Waals surface area contributed by atoms with Gasteiger partial charge in [0, 0.05) is 35.4 Å². The summed E-state index contributed by atoms with van der Waals surface area (Å²) in [6.45, 7) is 0.397. The lowest BCUT2D eigenvalue weighted by Crippen LogP contribution is -3.00. The number of nitrogens with one attached hydrogen (secondary N) is 1. The predicted octanol–water partition coefficient (Wildman–Crippen LogP) is 4.04. The second-order valence-electron chi connectivity index (χ2n) is 9.62. The minimum atomic E-state index is -0.140. The SMILES string of the molecule is O=C(C[NH2+]C12CC3CC(CC(C3)C1)C2)Nc1ccc(Cl)cc1C(=O)c1ccccc1. The molecule has 30 heavy (non-hydrogen) atoms. The fraction of sp³-hybridized carbons (Fsp3) is 0.440. The third kappa shape index (κ3) is 3.91. The molecule has 4 nitrogen and oxygen atoms in total. The first kappa shape index (κ1) is 19.8. The minimum Gasteiger partial charge on any atom is -0.334 e. The highest BCUT2D eigenvalue weighted by atomic mass is 35.5. The second kappa shape index (κ2) is 7.82. The lowest BCUT2D eigenvalue weighted by atomic mass is 9.53. The second-order valence-corrected chi connectivity index (χ2v) is 10.1. The molecule has 3 N–H and O–H groups in total. The number of rotatable bonds is 6. The van der Waals surface area contributed by atoms with Crippen molar-refractivity contribution < 1.29 is 14.9 Å². The predicted molar refractivity (Wildman–Crippen MR) is 118 cm³/mol. The Bertz CT molecular complexity index is 937. The summed E-state index contributed by atoms with van der Waals surface area (Å²) in [6, 6.07) is 14.1. The van der Waals surface area contributed by atoms with Gasteiger partial charge in [-0.05, 0) is 55.2 Å². The van der Waals surface area contributed by atoms with E-state index in [-0.39, 0.29) is 17.2 Å². The molecule has 0 aliphatic heterocycles. The Morgan fingerprint density at radius 2 is 1.60 bits per heavy atom. The van der Waals surface area contributed by atoms with Crippen molar-refractivity contribution in [3.63, 3.8) is 0 Å². The largest absolute Gasteiger partial charge is 0.334 e. The molecule has 0 atom stereocenters. The molecule has 0 saturated heterocycles. The number of hydrogen-bond acceptors (Lipinski definition) is 2. The van der Waals surface area contributed by atoms with E-state index in [1.165, 1.54) is 38.5 Å². The summed E-state index contributed by atoms with van der Waals surface area (Å²) in [5.74, 6) is 2.39. The van der Waals surface area contributed by atoms with E-state index in [0.717, 1.165) is 17.8 Å². The van der Waals surface area contributed by atoms with Crippen molar-refractivity contribution >= 4 is 29.0 Å². The summed E-state index contributed by atoms with van der Waals surface area (Å²) >= 11 is 6.15. The standard InChI is InChI=1S/C25H27ClN2O2/c26-20-6-7-22(21(11-20)24(30)19-4-2-1-3-5-19)28-23(29)15-27-25-12-16-8-17(13-25)10-18(9-16)14-25/h1-7,11,16-18,27H,8-10,12-15H2,(H,28,29)/p+1. The van der Waals surface area contributed by atoms with Gasteiger partial charge in [-0.1, -0.05) is 41.9 Å². The zero-order valence-electron chi connectivity index (χ0n) is 17.1. The van der Waals surface area contributed by atoms with E-state index in [2.05, 4.69) is 10.6 Å². The van der Waals surface area contributed by atoms with Crippen LogP contribution in [0.5, 0.6) is 0 Å². The molecule has 4 aliphatic rings. The number of carbonyl (C=O) groups is 2. The molecule has 156 valence electrons. The van der Waals surface area contributed by atoms with Gasteiger partial charge < -0.3 is 10.6 Å². The van der Waals surface area contributed by atoms with Gasteiger partial charge in [-0.3, -0.25) is 9.59 Å². The summed E-state index contributed by atoms with van der Waals surface area (Å²) in [4.78, 5) is 25.8. The molecular formula is C25H28ClN2O2+. The number of amides is 1. The Morgan fingerprint density at radius 3 is 2.23 bits per heavy atom. The van der Waals surface area contributed by atoms with Crippen LogP contribution in [-0.2, 0) is 4.79 Å². The molecule has 0 aromatic heterocycles. The van der Waals surface area contributed by atoms with Crippen LogP contribution in [0.15, 0.2) is 48.5 Å². The number of nitrogens with two attached hydrogens (primary N) is 1. The van der Waals surface area contributed by atoms with Crippen LogP contribution >= 0.6 is 11.6 Å². The first-order valence-corrected chi connectivity index (χ1v) is 11.4. The first-order chi connectivity index (χ1) is 14.5. The van der Waals surface area contributed by atoms with Crippen molar-refractivity contribution in [2.24, 2.45) is 17.8 Å². The molecule has 6 rings (SSSR count). The van der Waals surface area contributed by atoms with Gasteiger partial charge in [0.1, 0.15) is 0 Å². The molecule has 0 spiro atoms. The monoisotopic (exact) mass is 423 g/mol. The number of quaternary nitrogens is 1. The van der Waals surface area contributed by atoms with Crippen molar-refractivity contribution in [1.82, 2.24) is 0 Å². The Labute approximate surface area is 182 Å². The fourth-order valence-corrected chi connectivity index (χ4v) is 6.67. The first-order valence-electron chi connectivity index (χ1n) is 11.0. The molecule has 2 aromatic rings. The maximum Gasteiger partial charge on any atom is 0.279 e. The Hall–Kier alpha value is -2.17. The van der Waals surface area contributed by atoms with Crippen LogP contribution in [0.3, 0.4) is 0 Å². The van der Waals surface area contributed by atoms with Gasteiger partial charge in [0.2, 0.25) is 0 Å². The zero-order valence-corrected chi connectivity index (χ0v) is 17.8. The number of carbonyl (C=O) groups excluding carboxylic acids is 2. The lowest BCUT2D eigenvalue weighted by molar-refractivity contribution is -0.729. The van der Waals surface area contributed by atoms with Crippen LogP contribution in [0, 0.1) is 17.8 Å². The highest BCUT2D eigenvalue weighted by Crippen LogP contribution is 2.54. The zero-order chi connectivity index (χ0) is 20.7. The highest BCUT2D eigenvalue weighted by Gasteiger charge is 2.53. The van der Waals surface area contributed by atoms with Crippen molar-refractivity contribution in [3.8, 4) is 0 Å². The van der Waals surface area contributed by atoms with Crippen LogP contribution in [0.1, 0.15) is 54.4 Å². The quantitative estimate of drug-likeness (QED) is 0.688. The van der Waals surface area contributed by atoms with Gasteiger partial charge in [0.25, 0.3) is 5.91 Å². The number of ketones is 1. The number of halogens is 1. The van der Waals surface area contributed by atoms with E-state index in [4.69, 9.17) is 11.6 Å². The van der Waals surface area contributed by atoms with Crippen LogP contribution in [0.4, 0.5) is 5.69 Å². The molecule has 4 bridgehead atoms. The van der Waals surface area contributed by atoms with Crippen molar-refractivity contribution in [2.75, 3.05) is 11.9 Å². The van der Waals surface area contributed by atoms with Gasteiger partial charge in [0.05, 0.1) is 11.2 Å². The molecule has 4 fully saturated rings. The number of hydrogen-bond donors (Lipinski definition) is 2. The maximum absolute atomic E-state index is 13.0. The van der Waals surface area contributed by atoms with Crippen LogP contribution in [-0.4, -0.2) is 23.8 Å². The van der Waals surface area contributed by atoms with Crippen molar-refractivity contribution in [3.05, 3.63) is 64.7 Å². The maximum atomic E-state index is 13.0. The van der Waals surface area contributed by atoms with Gasteiger partial charge in [-0.15, -0.1) is 0 Å². The molecule has 0 unspecified atom stereocenters. The summed E-state index contributed by atoms with van der Waals surface area (Å²) in [5.41, 5.74) is 1.79.